The maximum absolute atomic E-state index is 6.04. The first-order valence-corrected chi connectivity index (χ1v) is 9.79. The van der Waals surface area contributed by atoms with Crippen molar-refractivity contribution in [3.05, 3.63) is 43.1 Å². The first-order chi connectivity index (χ1) is 14.4. The predicted molar refractivity (Wildman–Crippen MR) is 108 cm³/mol. The van der Waals surface area contributed by atoms with Gasteiger partial charge in [0, 0.05) is 19.6 Å². The summed E-state index contributed by atoms with van der Waals surface area (Å²) >= 11 is 0. The Morgan fingerprint density at radius 1 is 1.00 bits per heavy atom. The van der Waals surface area contributed by atoms with Gasteiger partial charge in [-0.15, -0.1) is 0 Å². The number of nitrogens with one attached hydrogen (secondary N) is 1. The zero-order valence-corrected chi connectivity index (χ0v) is 16.0. The van der Waals surface area contributed by atoms with E-state index in [4.69, 9.17) is 18.0 Å². The average molecular weight is 394 g/mol. The minimum Gasteiger partial charge on any atom is -0.464 e. The minimum absolute atomic E-state index is 0.494. The number of fused-ring (bicyclic) bond motifs is 1. The van der Waals surface area contributed by atoms with Gasteiger partial charge in [0.2, 0.25) is 5.71 Å². The van der Waals surface area contributed by atoms with Crippen LogP contribution in [-0.2, 0) is 4.74 Å². The lowest BCUT2D eigenvalue weighted by molar-refractivity contribution is 0.0378. The van der Waals surface area contributed by atoms with Crippen molar-refractivity contribution in [2.45, 2.75) is 6.42 Å². The van der Waals surface area contributed by atoms with Crippen LogP contribution in [0.25, 0.3) is 33.9 Å². The van der Waals surface area contributed by atoms with Crippen LogP contribution in [0.4, 0.5) is 5.82 Å². The van der Waals surface area contributed by atoms with Crippen LogP contribution in [0.15, 0.2) is 56.4 Å². The molecule has 0 radical (unpaired) electrons. The van der Waals surface area contributed by atoms with Gasteiger partial charge >= 0.3 is 0 Å². The van der Waals surface area contributed by atoms with Crippen molar-refractivity contribution in [3.63, 3.8) is 0 Å². The average Bonchev–Trinajstić information content (AvgIpc) is 3.52. The summed E-state index contributed by atoms with van der Waals surface area (Å²) in [4.78, 5) is 11.2. The molecule has 0 amide bonds. The third kappa shape index (κ3) is 3.64. The molecule has 0 unspecified atom stereocenters. The number of hydrogen-bond donors (Lipinski definition) is 1. The second kappa shape index (κ2) is 8.10. The van der Waals surface area contributed by atoms with Crippen molar-refractivity contribution >= 4 is 16.9 Å². The Kier molecular flexibility index (Phi) is 5.02. The number of hydrogen-bond acceptors (Lipinski definition) is 8. The quantitative estimate of drug-likeness (QED) is 0.473. The summed E-state index contributed by atoms with van der Waals surface area (Å²) in [6.45, 7) is 5.44. The van der Waals surface area contributed by atoms with Gasteiger partial charge in [0.15, 0.2) is 11.5 Å². The summed E-state index contributed by atoms with van der Waals surface area (Å²) in [5.41, 5.74) is 1.28. The summed E-state index contributed by atoms with van der Waals surface area (Å²) in [6.07, 6.45) is 5.77. The van der Waals surface area contributed by atoms with Gasteiger partial charge in [-0.05, 0) is 37.2 Å². The van der Waals surface area contributed by atoms with Crippen molar-refractivity contribution in [1.82, 2.24) is 14.9 Å². The predicted octanol–water partition coefficient (Wildman–Crippen LogP) is 3.88. The topological polar surface area (TPSA) is 89.7 Å². The zero-order chi connectivity index (χ0) is 19.5. The van der Waals surface area contributed by atoms with E-state index in [1.807, 2.05) is 24.3 Å². The molecule has 4 aromatic rings. The van der Waals surface area contributed by atoms with Crippen LogP contribution in [0.5, 0.6) is 0 Å². The Balaban J connectivity index is 1.43. The first kappa shape index (κ1) is 18.0. The molecular weight excluding hydrogens is 372 g/mol. The van der Waals surface area contributed by atoms with Crippen molar-refractivity contribution in [1.29, 1.82) is 0 Å². The summed E-state index contributed by atoms with van der Waals surface area (Å²) in [5, 5.41) is 4.24. The molecule has 5 rings (SSSR count). The van der Waals surface area contributed by atoms with Crippen molar-refractivity contribution in [2.24, 2.45) is 0 Å². The van der Waals surface area contributed by atoms with Crippen LogP contribution in [0.3, 0.4) is 0 Å². The highest BCUT2D eigenvalue weighted by Crippen LogP contribution is 2.42. The van der Waals surface area contributed by atoms with Gasteiger partial charge < -0.3 is 23.3 Å². The van der Waals surface area contributed by atoms with Gasteiger partial charge in [-0.1, -0.05) is 0 Å². The van der Waals surface area contributed by atoms with Crippen LogP contribution in [0.2, 0.25) is 0 Å². The van der Waals surface area contributed by atoms with E-state index < -0.39 is 0 Å². The van der Waals surface area contributed by atoms with Gasteiger partial charge in [0.05, 0.1) is 36.7 Å². The Morgan fingerprint density at radius 2 is 1.79 bits per heavy atom. The molecule has 1 aliphatic rings. The van der Waals surface area contributed by atoms with Gasteiger partial charge in [0.1, 0.15) is 17.9 Å². The fourth-order valence-corrected chi connectivity index (χ4v) is 3.64. The first-order valence-electron chi connectivity index (χ1n) is 9.79. The lowest BCUT2D eigenvalue weighted by atomic mass is 10.1. The molecule has 29 heavy (non-hydrogen) atoms. The Morgan fingerprint density at radius 3 is 2.55 bits per heavy atom. The summed E-state index contributed by atoms with van der Waals surface area (Å²) < 4.78 is 22.7. The van der Waals surface area contributed by atoms with E-state index in [0.29, 0.717) is 23.0 Å². The monoisotopic (exact) mass is 394 g/mol. The highest BCUT2D eigenvalue weighted by atomic mass is 16.5. The molecule has 0 atom stereocenters. The standard InChI is InChI=1S/C21H22N4O4/c1-4-15(27-10-1)17-18-20(22-6-3-7-25-8-12-26-13-9-25)23-14-24-21(18)29-19(17)16-5-2-11-28-16/h1-2,4-5,10-11,14H,3,6-9,12-13H2,(H,22,23,24). The molecule has 0 spiro atoms. The number of anilines is 1. The normalized spacial score (nSPS) is 15.2. The van der Waals surface area contributed by atoms with Crippen LogP contribution in [0, 0.1) is 0 Å². The van der Waals surface area contributed by atoms with E-state index in [0.717, 1.165) is 62.6 Å². The van der Waals surface area contributed by atoms with Crippen LogP contribution in [0.1, 0.15) is 6.42 Å². The molecule has 8 nitrogen and oxygen atoms in total. The maximum Gasteiger partial charge on any atom is 0.232 e. The Labute approximate surface area is 167 Å². The number of nitrogens with zero attached hydrogens (tertiary/aromatic N) is 3. The molecule has 0 bridgehead atoms. The zero-order valence-electron chi connectivity index (χ0n) is 16.0. The molecule has 1 aliphatic heterocycles. The molecule has 0 aliphatic carbocycles. The summed E-state index contributed by atoms with van der Waals surface area (Å²) in [7, 11) is 0. The van der Waals surface area contributed by atoms with Crippen LogP contribution < -0.4 is 5.32 Å². The van der Waals surface area contributed by atoms with Crippen LogP contribution in [-0.4, -0.2) is 54.3 Å². The van der Waals surface area contributed by atoms with E-state index in [2.05, 4.69) is 20.2 Å². The molecule has 1 N–H and O–H groups in total. The van der Waals surface area contributed by atoms with Gasteiger partial charge in [-0.3, -0.25) is 4.90 Å². The third-order valence-corrected chi connectivity index (χ3v) is 5.05. The van der Waals surface area contributed by atoms with E-state index in [1.54, 1.807) is 12.5 Å². The van der Waals surface area contributed by atoms with Gasteiger partial charge in [-0.2, -0.15) is 0 Å². The second-order valence-corrected chi connectivity index (χ2v) is 6.90. The van der Waals surface area contributed by atoms with Crippen molar-refractivity contribution < 1.29 is 18.0 Å². The maximum atomic E-state index is 6.04. The highest BCUT2D eigenvalue weighted by Gasteiger charge is 2.25. The van der Waals surface area contributed by atoms with E-state index in [-0.39, 0.29) is 0 Å². The Hall–Kier alpha value is -3.10. The largest absolute Gasteiger partial charge is 0.464 e. The number of furan rings is 3. The Bertz CT molecular complexity index is 1050. The molecule has 150 valence electrons. The lowest BCUT2D eigenvalue weighted by Crippen LogP contribution is -2.37. The smallest absolute Gasteiger partial charge is 0.232 e. The molecule has 1 fully saturated rings. The van der Waals surface area contributed by atoms with Crippen molar-refractivity contribution in [3.8, 4) is 22.8 Å². The fraction of sp³-hybridized carbons (Fsp3) is 0.333. The van der Waals surface area contributed by atoms with E-state index >= 15 is 0 Å². The summed E-state index contributed by atoms with van der Waals surface area (Å²) in [6, 6.07) is 7.42. The molecule has 1 saturated heterocycles. The minimum atomic E-state index is 0.494. The van der Waals surface area contributed by atoms with Crippen molar-refractivity contribution in [2.75, 3.05) is 44.7 Å². The molecule has 0 saturated carbocycles. The molecule has 0 aromatic carbocycles. The van der Waals surface area contributed by atoms with Crippen LogP contribution >= 0.6 is 0 Å². The fourth-order valence-electron chi connectivity index (χ4n) is 3.64. The molecular formula is C21H22N4O4. The molecule has 8 heteroatoms. The van der Waals surface area contributed by atoms with E-state index in [1.165, 1.54) is 6.33 Å². The summed E-state index contributed by atoms with van der Waals surface area (Å²) in [5.74, 6) is 2.61. The molecule has 5 heterocycles. The highest BCUT2D eigenvalue weighted by molar-refractivity contribution is 6.04. The van der Waals surface area contributed by atoms with Gasteiger partial charge in [-0.25, -0.2) is 9.97 Å². The number of rotatable bonds is 7. The number of ether oxygens (including phenoxy) is 1. The van der Waals surface area contributed by atoms with E-state index in [9.17, 15) is 0 Å². The number of morpholine rings is 1. The SMILES string of the molecule is c1coc(-c2oc3ncnc(NCCCN4CCOCC4)c3c2-c2ccco2)c1. The lowest BCUT2D eigenvalue weighted by Gasteiger charge is -2.26. The van der Waals surface area contributed by atoms with Gasteiger partial charge in [0.25, 0.3) is 0 Å². The third-order valence-electron chi connectivity index (χ3n) is 5.05. The number of aromatic nitrogens is 2. The second-order valence-electron chi connectivity index (χ2n) is 6.90. The molecule has 4 aromatic heterocycles.